The number of benzene rings is 1. The van der Waals surface area contributed by atoms with Crippen molar-refractivity contribution in [2.75, 3.05) is 6.54 Å². The molecule has 20 heavy (non-hydrogen) atoms. The lowest BCUT2D eigenvalue weighted by molar-refractivity contribution is 0.564. The normalized spacial score (nSPS) is 12.9. The second-order valence-corrected chi connectivity index (χ2v) is 6.69. The molecule has 0 bridgehead atoms. The quantitative estimate of drug-likeness (QED) is 0.755. The summed E-state index contributed by atoms with van der Waals surface area (Å²) >= 11 is 3.45. The van der Waals surface area contributed by atoms with Gasteiger partial charge in [0.05, 0.1) is 6.04 Å². The van der Waals surface area contributed by atoms with Gasteiger partial charge in [-0.3, -0.25) is 0 Å². The van der Waals surface area contributed by atoms with E-state index in [1.165, 1.54) is 15.6 Å². The number of hydrogen-bond donors (Lipinski definition) is 1. The van der Waals surface area contributed by atoms with E-state index in [0.717, 1.165) is 23.0 Å². The maximum atomic E-state index is 4.37. The van der Waals surface area contributed by atoms with Crippen LogP contribution in [0.2, 0.25) is 0 Å². The minimum Gasteiger partial charge on any atom is -0.308 e. The summed E-state index contributed by atoms with van der Waals surface area (Å²) in [6, 6.07) is 8.72. The Hall–Kier alpha value is -1.30. The zero-order chi connectivity index (χ0) is 13.9. The molecule has 2 aromatic heterocycles. The fraction of sp³-hybridized carbons (Fsp3) is 0.333. The molecule has 3 aromatic rings. The molecule has 0 saturated heterocycles. The Bertz CT molecular complexity index is 702. The lowest BCUT2D eigenvalue weighted by Gasteiger charge is -2.08. The van der Waals surface area contributed by atoms with Gasteiger partial charge in [-0.1, -0.05) is 36.5 Å². The topological polar surface area (TPSA) is 37.8 Å². The molecule has 104 valence electrons. The van der Waals surface area contributed by atoms with Crippen molar-refractivity contribution in [3.63, 3.8) is 0 Å². The van der Waals surface area contributed by atoms with Crippen molar-refractivity contribution >= 4 is 32.8 Å². The molecule has 2 heterocycles. The molecule has 3 rings (SSSR count). The Morgan fingerprint density at radius 2 is 2.10 bits per heavy atom. The highest BCUT2D eigenvalue weighted by molar-refractivity contribution is 7.19. The Kier molecular flexibility index (Phi) is 4.10. The Morgan fingerprint density at radius 1 is 1.25 bits per heavy atom. The summed E-state index contributed by atoms with van der Waals surface area (Å²) in [4.78, 5) is 0. The fourth-order valence-corrected chi connectivity index (χ4v) is 4.03. The highest BCUT2D eigenvalue weighted by Crippen LogP contribution is 2.36. The van der Waals surface area contributed by atoms with Gasteiger partial charge in [-0.2, -0.15) is 0 Å². The predicted molar refractivity (Wildman–Crippen MR) is 87.4 cm³/mol. The predicted octanol–water partition coefficient (Wildman–Crippen LogP) is 4.48. The summed E-state index contributed by atoms with van der Waals surface area (Å²) < 4.78 is 1.30. The summed E-state index contributed by atoms with van der Waals surface area (Å²) in [7, 11) is 0. The highest BCUT2D eigenvalue weighted by atomic mass is 32.1. The minimum absolute atomic E-state index is 0.270. The van der Waals surface area contributed by atoms with Gasteiger partial charge < -0.3 is 5.32 Å². The second-order valence-electron chi connectivity index (χ2n) is 4.77. The SMILES string of the molecule is CCCNC(C)c1nnc(-c2csc3ccccc23)s1. The van der Waals surface area contributed by atoms with Crippen molar-refractivity contribution in [1.82, 2.24) is 15.5 Å². The molecular weight excluding hydrogens is 286 g/mol. The van der Waals surface area contributed by atoms with Crippen molar-refractivity contribution in [2.45, 2.75) is 26.3 Å². The highest BCUT2D eigenvalue weighted by Gasteiger charge is 2.14. The first-order valence-electron chi connectivity index (χ1n) is 6.83. The van der Waals surface area contributed by atoms with Gasteiger partial charge in [-0.25, -0.2) is 0 Å². The Balaban J connectivity index is 1.90. The van der Waals surface area contributed by atoms with E-state index in [4.69, 9.17) is 0 Å². The summed E-state index contributed by atoms with van der Waals surface area (Å²) in [5, 5.41) is 17.7. The molecule has 0 aliphatic heterocycles. The summed E-state index contributed by atoms with van der Waals surface area (Å²) in [5.41, 5.74) is 1.21. The first kappa shape index (κ1) is 13.7. The molecule has 0 aliphatic rings. The zero-order valence-electron chi connectivity index (χ0n) is 11.6. The van der Waals surface area contributed by atoms with E-state index in [1.807, 2.05) is 0 Å². The van der Waals surface area contributed by atoms with Gasteiger partial charge in [0.2, 0.25) is 0 Å². The van der Waals surface area contributed by atoms with E-state index in [9.17, 15) is 0 Å². The molecule has 1 aromatic carbocycles. The standard InChI is InChI=1S/C15H17N3S2/c1-3-8-16-10(2)14-17-18-15(20-14)12-9-19-13-7-5-4-6-11(12)13/h4-7,9-10,16H,3,8H2,1-2H3. The first-order chi connectivity index (χ1) is 9.79. The largest absolute Gasteiger partial charge is 0.308 e. The van der Waals surface area contributed by atoms with Gasteiger partial charge in [0.15, 0.2) is 0 Å². The van der Waals surface area contributed by atoms with Crippen LogP contribution in [0.15, 0.2) is 29.6 Å². The third-order valence-electron chi connectivity index (χ3n) is 3.22. The molecule has 0 radical (unpaired) electrons. The zero-order valence-corrected chi connectivity index (χ0v) is 13.2. The number of fused-ring (bicyclic) bond motifs is 1. The number of nitrogens with zero attached hydrogens (tertiary/aromatic N) is 2. The number of aromatic nitrogens is 2. The number of hydrogen-bond acceptors (Lipinski definition) is 5. The number of nitrogens with one attached hydrogen (secondary N) is 1. The van der Waals surface area contributed by atoms with Crippen LogP contribution < -0.4 is 5.32 Å². The number of thiophene rings is 1. The molecule has 0 aliphatic carbocycles. The van der Waals surface area contributed by atoms with Crippen LogP contribution in [0.4, 0.5) is 0 Å². The van der Waals surface area contributed by atoms with E-state index >= 15 is 0 Å². The first-order valence-corrected chi connectivity index (χ1v) is 8.52. The van der Waals surface area contributed by atoms with E-state index in [0.29, 0.717) is 0 Å². The molecule has 3 nitrogen and oxygen atoms in total. The fourth-order valence-electron chi connectivity index (χ4n) is 2.11. The van der Waals surface area contributed by atoms with Gasteiger partial charge in [0, 0.05) is 21.0 Å². The summed E-state index contributed by atoms with van der Waals surface area (Å²) in [6.07, 6.45) is 1.13. The van der Waals surface area contributed by atoms with Crippen LogP contribution in [0.25, 0.3) is 20.7 Å². The lowest BCUT2D eigenvalue weighted by atomic mass is 10.2. The van der Waals surface area contributed by atoms with Crippen LogP contribution in [0.1, 0.15) is 31.3 Å². The van der Waals surface area contributed by atoms with Gasteiger partial charge in [-0.05, 0) is 26.0 Å². The molecular formula is C15H17N3S2. The van der Waals surface area contributed by atoms with Crippen molar-refractivity contribution in [1.29, 1.82) is 0 Å². The van der Waals surface area contributed by atoms with E-state index in [-0.39, 0.29) is 6.04 Å². The molecule has 0 amide bonds. The van der Waals surface area contributed by atoms with Gasteiger partial charge >= 0.3 is 0 Å². The molecule has 0 spiro atoms. The van der Waals surface area contributed by atoms with Crippen molar-refractivity contribution < 1.29 is 0 Å². The van der Waals surface area contributed by atoms with Crippen LogP contribution in [-0.2, 0) is 0 Å². The lowest BCUT2D eigenvalue weighted by Crippen LogP contribution is -2.18. The average Bonchev–Trinajstić information content (AvgIpc) is 3.10. The summed E-state index contributed by atoms with van der Waals surface area (Å²) in [6.45, 7) is 5.33. The van der Waals surface area contributed by atoms with Crippen molar-refractivity contribution in [3.8, 4) is 10.6 Å². The smallest absolute Gasteiger partial charge is 0.149 e. The third kappa shape index (κ3) is 2.61. The molecule has 5 heteroatoms. The van der Waals surface area contributed by atoms with E-state index < -0.39 is 0 Å². The minimum atomic E-state index is 0.270. The average molecular weight is 303 g/mol. The van der Waals surface area contributed by atoms with Crippen molar-refractivity contribution in [3.05, 3.63) is 34.7 Å². The van der Waals surface area contributed by atoms with Crippen LogP contribution in [-0.4, -0.2) is 16.7 Å². The molecule has 1 atom stereocenters. The van der Waals surface area contributed by atoms with Crippen LogP contribution >= 0.6 is 22.7 Å². The maximum Gasteiger partial charge on any atom is 0.149 e. The molecule has 1 N–H and O–H groups in total. The Labute approximate surface area is 126 Å². The molecule has 0 saturated carbocycles. The number of rotatable bonds is 5. The monoisotopic (exact) mass is 303 g/mol. The Morgan fingerprint density at radius 3 is 2.95 bits per heavy atom. The van der Waals surface area contributed by atoms with Crippen LogP contribution in [0.5, 0.6) is 0 Å². The van der Waals surface area contributed by atoms with Gasteiger partial charge in [0.1, 0.15) is 10.0 Å². The second kappa shape index (κ2) is 5.99. The molecule has 1 unspecified atom stereocenters. The van der Waals surface area contributed by atoms with Gasteiger partial charge in [0.25, 0.3) is 0 Å². The van der Waals surface area contributed by atoms with Crippen molar-refractivity contribution in [2.24, 2.45) is 0 Å². The maximum absolute atomic E-state index is 4.37. The van der Waals surface area contributed by atoms with Gasteiger partial charge in [-0.15, -0.1) is 21.5 Å². The van der Waals surface area contributed by atoms with E-state index in [2.05, 4.69) is 59.0 Å². The van der Waals surface area contributed by atoms with Crippen LogP contribution in [0, 0.1) is 0 Å². The van der Waals surface area contributed by atoms with Crippen LogP contribution in [0.3, 0.4) is 0 Å². The summed E-state index contributed by atoms with van der Waals surface area (Å²) in [5.74, 6) is 0. The van der Waals surface area contributed by atoms with E-state index in [1.54, 1.807) is 22.7 Å². The third-order valence-corrected chi connectivity index (χ3v) is 5.33. The molecule has 0 fully saturated rings.